The third-order valence-corrected chi connectivity index (χ3v) is 7.90. The second-order valence-electron chi connectivity index (χ2n) is 11.8. The van der Waals surface area contributed by atoms with Crippen molar-refractivity contribution in [2.45, 2.75) is 71.5 Å². The molecule has 0 saturated carbocycles. The van der Waals surface area contributed by atoms with E-state index >= 15 is 0 Å². The van der Waals surface area contributed by atoms with Crippen molar-refractivity contribution in [3.63, 3.8) is 0 Å². The SMILES string of the molecule is CC(C)(C)c1ccc(-c2noc(CN3CCC(C(=O)NCc4ccccc4CN4CCCC4=O)CC3)n2)cc1. The quantitative estimate of drug-likeness (QED) is 0.455. The highest BCUT2D eigenvalue weighted by atomic mass is 16.5. The van der Waals surface area contributed by atoms with Gasteiger partial charge in [0.1, 0.15) is 0 Å². The Balaban J connectivity index is 1.09. The average molecular weight is 530 g/mol. The molecule has 8 heteroatoms. The van der Waals surface area contributed by atoms with Crippen LogP contribution in [0.25, 0.3) is 11.4 Å². The Labute approximate surface area is 230 Å². The normalized spacial score (nSPS) is 17.1. The molecule has 0 unspecified atom stereocenters. The molecule has 0 radical (unpaired) electrons. The molecule has 0 bridgehead atoms. The molecule has 2 aromatic carbocycles. The van der Waals surface area contributed by atoms with Gasteiger partial charge in [-0.1, -0.05) is 74.5 Å². The minimum absolute atomic E-state index is 0.00634. The number of nitrogens with one attached hydrogen (secondary N) is 1. The fraction of sp³-hybridized carbons (Fsp3) is 0.484. The zero-order valence-electron chi connectivity index (χ0n) is 23.3. The maximum Gasteiger partial charge on any atom is 0.241 e. The van der Waals surface area contributed by atoms with Gasteiger partial charge in [-0.05, 0) is 54.5 Å². The van der Waals surface area contributed by atoms with Crippen molar-refractivity contribution in [1.29, 1.82) is 0 Å². The van der Waals surface area contributed by atoms with Gasteiger partial charge in [-0.15, -0.1) is 0 Å². The van der Waals surface area contributed by atoms with E-state index in [1.807, 2.05) is 35.2 Å². The van der Waals surface area contributed by atoms with Gasteiger partial charge in [0, 0.05) is 37.5 Å². The topological polar surface area (TPSA) is 91.6 Å². The van der Waals surface area contributed by atoms with Gasteiger partial charge < -0.3 is 14.7 Å². The number of piperidine rings is 1. The van der Waals surface area contributed by atoms with Gasteiger partial charge in [0.25, 0.3) is 0 Å². The highest BCUT2D eigenvalue weighted by molar-refractivity contribution is 5.79. The predicted molar refractivity (Wildman–Crippen MR) is 149 cm³/mol. The number of rotatable bonds is 8. The molecular formula is C31H39N5O3. The second-order valence-corrected chi connectivity index (χ2v) is 11.8. The Bertz CT molecular complexity index is 1290. The lowest BCUT2D eigenvalue weighted by Gasteiger charge is -2.30. The molecule has 1 aromatic heterocycles. The molecule has 0 atom stereocenters. The molecule has 2 aliphatic rings. The van der Waals surface area contributed by atoms with E-state index in [1.165, 1.54) is 5.56 Å². The van der Waals surface area contributed by atoms with Gasteiger partial charge >= 0.3 is 0 Å². The summed E-state index contributed by atoms with van der Waals surface area (Å²) < 4.78 is 5.54. The van der Waals surface area contributed by atoms with E-state index in [2.05, 4.69) is 59.3 Å². The van der Waals surface area contributed by atoms with E-state index in [-0.39, 0.29) is 23.1 Å². The van der Waals surface area contributed by atoms with Crippen molar-refractivity contribution >= 4 is 11.8 Å². The van der Waals surface area contributed by atoms with Crippen LogP contribution in [0, 0.1) is 5.92 Å². The minimum atomic E-state index is -0.00634. The average Bonchev–Trinajstić information content (AvgIpc) is 3.57. The number of likely N-dealkylation sites (tertiary alicyclic amines) is 2. The van der Waals surface area contributed by atoms with Crippen LogP contribution in [-0.4, -0.2) is 51.4 Å². The summed E-state index contributed by atoms with van der Waals surface area (Å²) >= 11 is 0. The Morgan fingerprint density at radius 1 is 1.00 bits per heavy atom. The smallest absolute Gasteiger partial charge is 0.241 e. The lowest BCUT2D eigenvalue weighted by atomic mass is 9.87. The zero-order chi connectivity index (χ0) is 27.4. The molecule has 0 aliphatic carbocycles. The first-order valence-electron chi connectivity index (χ1n) is 14.0. The largest absolute Gasteiger partial charge is 0.352 e. The number of hydrogen-bond donors (Lipinski definition) is 1. The number of carbonyl (C=O) groups is 2. The first kappa shape index (κ1) is 27.1. The Hall–Kier alpha value is -3.52. The molecular weight excluding hydrogens is 490 g/mol. The van der Waals surface area contributed by atoms with Crippen LogP contribution in [0.3, 0.4) is 0 Å². The highest BCUT2D eigenvalue weighted by Gasteiger charge is 2.26. The van der Waals surface area contributed by atoms with E-state index in [4.69, 9.17) is 4.52 Å². The lowest BCUT2D eigenvalue weighted by molar-refractivity contribution is -0.128. The van der Waals surface area contributed by atoms with Crippen LogP contribution in [-0.2, 0) is 34.6 Å². The molecule has 8 nitrogen and oxygen atoms in total. The molecule has 2 amide bonds. The Morgan fingerprint density at radius 3 is 2.38 bits per heavy atom. The molecule has 206 valence electrons. The maximum atomic E-state index is 13.0. The molecule has 2 aliphatic heterocycles. The number of aromatic nitrogens is 2. The molecule has 5 rings (SSSR count). The van der Waals surface area contributed by atoms with Crippen LogP contribution in [0.1, 0.15) is 69.0 Å². The van der Waals surface area contributed by atoms with Gasteiger partial charge in [0.2, 0.25) is 23.5 Å². The summed E-state index contributed by atoms with van der Waals surface area (Å²) in [6, 6.07) is 16.4. The van der Waals surface area contributed by atoms with Crippen LogP contribution in [0.4, 0.5) is 0 Å². The van der Waals surface area contributed by atoms with Crippen LogP contribution in [0.2, 0.25) is 0 Å². The summed E-state index contributed by atoms with van der Waals surface area (Å²) in [6.07, 6.45) is 3.16. The van der Waals surface area contributed by atoms with Gasteiger partial charge in [-0.2, -0.15) is 4.98 Å². The predicted octanol–water partition coefficient (Wildman–Crippen LogP) is 4.68. The first-order chi connectivity index (χ1) is 18.8. The molecule has 3 aromatic rings. The summed E-state index contributed by atoms with van der Waals surface area (Å²) in [5, 5.41) is 7.33. The second kappa shape index (κ2) is 11.7. The van der Waals surface area contributed by atoms with Crippen molar-refractivity contribution in [3.8, 4) is 11.4 Å². The van der Waals surface area contributed by atoms with Crippen LogP contribution in [0.5, 0.6) is 0 Å². The van der Waals surface area contributed by atoms with Crippen molar-refractivity contribution in [1.82, 2.24) is 25.3 Å². The van der Waals surface area contributed by atoms with E-state index in [9.17, 15) is 9.59 Å². The fourth-order valence-electron chi connectivity index (χ4n) is 5.39. The number of benzene rings is 2. The van der Waals surface area contributed by atoms with Crippen LogP contribution >= 0.6 is 0 Å². The van der Waals surface area contributed by atoms with Crippen molar-refractivity contribution in [2.75, 3.05) is 19.6 Å². The molecule has 3 heterocycles. The summed E-state index contributed by atoms with van der Waals surface area (Å²) in [5.41, 5.74) is 4.49. The van der Waals surface area contributed by atoms with E-state index in [0.29, 0.717) is 37.8 Å². The van der Waals surface area contributed by atoms with Gasteiger partial charge in [-0.25, -0.2) is 0 Å². The summed E-state index contributed by atoms with van der Waals surface area (Å²) in [6.45, 7) is 10.7. The zero-order valence-corrected chi connectivity index (χ0v) is 23.3. The minimum Gasteiger partial charge on any atom is -0.352 e. The monoisotopic (exact) mass is 529 g/mol. The molecule has 2 saturated heterocycles. The molecule has 2 fully saturated rings. The van der Waals surface area contributed by atoms with Crippen molar-refractivity contribution in [3.05, 3.63) is 71.1 Å². The van der Waals surface area contributed by atoms with Gasteiger partial charge in [0.05, 0.1) is 6.54 Å². The van der Waals surface area contributed by atoms with Crippen molar-refractivity contribution in [2.24, 2.45) is 5.92 Å². The Morgan fingerprint density at radius 2 is 1.72 bits per heavy atom. The van der Waals surface area contributed by atoms with Gasteiger partial charge in [0.15, 0.2) is 0 Å². The number of nitrogens with zero attached hydrogens (tertiary/aromatic N) is 4. The summed E-state index contributed by atoms with van der Waals surface area (Å²) in [4.78, 5) is 33.8. The van der Waals surface area contributed by atoms with Crippen LogP contribution in [0.15, 0.2) is 53.1 Å². The molecule has 1 N–H and O–H groups in total. The highest BCUT2D eigenvalue weighted by Crippen LogP contribution is 2.26. The number of amides is 2. The standard InChI is InChI=1S/C31H39N5O3/c1-31(2,3)26-12-10-22(11-13-26)29-33-27(39-34-29)21-35-17-14-23(15-18-35)30(38)32-19-24-7-4-5-8-25(24)20-36-16-6-9-28(36)37/h4-5,7-8,10-13,23H,6,9,14-21H2,1-3H3,(H,32,38). The third kappa shape index (κ3) is 6.74. The van der Waals surface area contributed by atoms with E-state index < -0.39 is 0 Å². The summed E-state index contributed by atoms with van der Waals surface area (Å²) in [5.74, 6) is 1.51. The number of hydrogen-bond acceptors (Lipinski definition) is 6. The Kier molecular flexibility index (Phi) is 8.12. The van der Waals surface area contributed by atoms with Crippen LogP contribution < -0.4 is 5.32 Å². The third-order valence-electron chi connectivity index (χ3n) is 7.90. The summed E-state index contributed by atoms with van der Waals surface area (Å²) in [7, 11) is 0. The van der Waals surface area contributed by atoms with Gasteiger partial charge in [-0.3, -0.25) is 14.5 Å². The fourth-order valence-corrected chi connectivity index (χ4v) is 5.39. The van der Waals surface area contributed by atoms with Crippen molar-refractivity contribution < 1.29 is 14.1 Å². The lowest BCUT2D eigenvalue weighted by Crippen LogP contribution is -2.40. The maximum absolute atomic E-state index is 13.0. The molecule has 0 spiro atoms. The first-order valence-corrected chi connectivity index (χ1v) is 14.0. The number of carbonyl (C=O) groups excluding carboxylic acids is 2. The van der Waals surface area contributed by atoms with E-state index in [0.717, 1.165) is 55.6 Å². The van der Waals surface area contributed by atoms with E-state index in [1.54, 1.807) is 0 Å². The molecule has 39 heavy (non-hydrogen) atoms.